The van der Waals surface area contributed by atoms with Gasteiger partial charge in [0.2, 0.25) is 0 Å². The Hall–Kier alpha value is -1.51. The summed E-state index contributed by atoms with van der Waals surface area (Å²) < 4.78 is 5.36. The molecule has 0 heterocycles. The maximum Gasteiger partial charge on any atom is 0.303 e. The van der Waals surface area contributed by atoms with Crippen molar-refractivity contribution in [2.45, 2.75) is 51.9 Å². The Morgan fingerprint density at radius 2 is 2.05 bits per heavy atom. The molecule has 1 N–H and O–H groups in total. The molecule has 106 valence electrons. The highest BCUT2D eigenvalue weighted by molar-refractivity contribution is 5.66. The van der Waals surface area contributed by atoms with Crippen molar-refractivity contribution in [3.05, 3.63) is 29.3 Å². The number of ether oxygens (including phenoxy) is 1. The smallest absolute Gasteiger partial charge is 0.303 e. The van der Waals surface area contributed by atoms with Crippen LogP contribution in [0.3, 0.4) is 0 Å². The highest BCUT2D eigenvalue weighted by Crippen LogP contribution is 2.31. The van der Waals surface area contributed by atoms with Gasteiger partial charge in [-0.1, -0.05) is 32.9 Å². The van der Waals surface area contributed by atoms with E-state index in [2.05, 4.69) is 32.9 Å². The Bertz CT molecular complexity index is 436. The molecule has 0 bridgehead atoms. The number of carboxylic acid groups (broad SMARTS) is 1. The molecule has 1 aromatic rings. The summed E-state index contributed by atoms with van der Waals surface area (Å²) in [5.41, 5.74) is 2.51. The Morgan fingerprint density at radius 1 is 1.37 bits per heavy atom. The maximum absolute atomic E-state index is 10.6. The first-order chi connectivity index (χ1) is 8.90. The van der Waals surface area contributed by atoms with E-state index in [1.165, 1.54) is 5.56 Å². The summed E-state index contributed by atoms with van der Waals surface area (Å²) >= 11 is 0. The summed E-state index contributed by atoms with van der Waals surface area (Å²) in [6.07, 6.45) is 2.64. The average molecular weight is 264 g/mol. The second-order valence-corrected chi connectivity index (χ2v) is 5.51. The molecule has 0 saturated carbocycles. The summed E-state index contributed by atoms with van der Waals surface area (Å²) in [5.74, 6) is 0.102. The van der Waals surface area contributed by atoms with Gasteiger partial charge in [0.1, 0.15) is 5.75 Å². The molecule has 0 aliphatic heterocycles. The zero-order valence-corrected chi connectivity index (χ0v) is 12.3. The average Bonchev–Trinajstić information content (AvgIpc) is 2.38. The number of aryl methyl sites for hydroxylation is 1. The van der Waals surface area contributed by atoms with Gasteiger partial charge in [-0.25, -0.2) is 0 Å². The SMILES string of the molecule is CCC(C)(C)c1ccc(OC)c(CCCC(=O)O)c1. The molecular formula is C16H24O3. The van der Waals surface area contributed by atoms with Gasteiger partial charge in [-0.3, -0.25) is 4.79 Å². The first kappa shape index (κ1) is 15.5. The second-order valence-electron chi connectivity index (χ2n) is 5.51. The summed E-state index contributed by atoms with van der Waals surface area (Å²) in [5, 5.41) is 8.71. The minimum atomic E-state index is -0.746. The van der Waals surface area contributed by atoms with E-state index in [9.17, 15) is 4.79 Å². The van der Waals surface area contributed by atoms with Crippen molar-refractivity contribution < 1.29 is 14.6 Å². The number of carboxylic acids is 1. The Morgan fingerprint density at radius 3 is 2.58 bits per heavy atom. The maximum atomic E-state index is 10.6. The van der Waals surface area contributed by atoms with Gasteiger partial charge in [0, 0.05) is 6.42 Å². The second kappa shape index (κ2) is 6.60. The molecular weight excluding hydrogens is 240 g/mol. The van der Waals surface area contributed by atoms with E-state index in [0.717, 1.165) is 24.2 Å². The first-order valence-corrected chi connectivity index (χ1v) is 6.80. The van der Waals surface area contributed by atoms with Crippen molar-refractivity contribution in [1.82, 2.24) is 0 Å². The fraction of sp³-hybridized carbons (Fsp3) is 0.562. The molecule has 3 nitrogen and oxygen atoms in total. The van der Waals surface area contributed by atoms with Crippen molar-refractivity contribution in [3.63, 3.8) is 0 Å². The van der Waals surface area contributed by atoms with Gasteiger partial charge in [0.25, 0.3) is 0 Å². The van der Waals surface area contributed by atoms with Gasteiger partial charge < -0.3 is 9.84 Å². The number of methoxy groups -OCH3 is 1. The molecule has 0 saturated heterocycles. The van der Waals surface area contributed by atoms with Crippen LogP contribution in [-0.2, 0) is 16.6 Å². The largest absolute Gasteiger partial charge is 0.496 e. The third-order valence-electron chi connectivity index (χ3n) is 3.78. The fourth-order valence-electron chi connectivity index (χ4n) is 2.03. The Labute approximate surface area is 115 Å². The molecule has 0 aliphatic carbocycles. The molecule has 1 rings (SSSR count). The predicted molar refractivity (Wildman–Crippen MR) is 76.9 cm³/mol. The van der Waals surface area contributed by atoms with E-state index >= 15 is 0 Å². The van der Waals surface area contributed by atoms with Crippen LogP contribution in [0.4, 0.5) is 0 Å². The highest BCUT2D eigenvalue weighted by Gasteiger charge is 2.19. The van der Waals surface area contributed by atoms with Crippen LogP contribution in [0.5, 0.6) is 5.75 Å². The normalized spacial score (nSPS) is 11.4. The topological polar surface area (TPSA) is 46.5 Å². The first-order valence-electron chi connectivity index (χ1n) is 6.80. The van der Waals surface area contributed by atoms with Gasteiger partial charge in [0.15, 0.2) is 0 Å². The minimum Gasteiger partial charge on any atom is -0.496 e. The van der Waals surface area contributed by atoms with Crippen molar-refractivity contribution in [3.8, 4) is 5.75 Å². The zero-order valence-electron chi connectivity index (χ0n) is 12.3. The van der Waals surface area contributed by atoms with E-state index in [4.69, 9.17) is 9.84 Å². The molecule has 0 unspecified atom stereocenters. The summed E-state index contributed by atoms with van der Waals surface area (Å²) in [6, 6.07) is 6.25. The number of rotatable bonds is 7. The lowest BCUT2D eigenvalue weighted by Gasteiger charge is -2.24. The van der Waals surface area contributed by atoms with Crippen molar-refractivity contribution in [2.75, 3.05) is 7.11 Å². The molecule has 3 heteroatoms. The highest BCUT2D eigenvalue weighted by atomic mass is 16.5. The van der Waals surface area contributed by atoms with E-state index < -0.39 is 5.97 Å². The Balaban J connectivity index is 2.93. The number of aliphatic carboxylic acids is 1. The van der Waals surface area contributed by atoms with Crippen LogP contribution in [0.25, 0.3) is 0 Å². The van der Waals surface area contributed by atoms with Crippen LogP contribution in [0.2, 0.25) is 0 Å². The van der Waals surface area contributed by atoms with E-state index in [0.29, 0.717) is 6.42 Å². The Kier molecular flexibility index (Phi) is 5.40. The van der Waals surface area contributed by atoms with Crippen LogP contribution < -0.4 is 4.74 Å². The van der Waals surface area contributed by atoms with Crippen molar-refractivity contribution >= 4 is 5.97 Å². The van der Waals surface area contributed by atoms with Gasteiger partial charge in [-0.05, 0) is 41.9 Å². The van der Waals surface area contributed by atoms with Crippen molar-refractivity contribution in [1.29, 1.82) is 0 Å². The van der Waals surface area contributed by atoms with Crippen LogP contribution in [-0.4, -0.2) is 18.2 Å². The predicted octanol–water partition coefficient (Wildman–Crippen LogP) is 3.79. The fourth-order valence-corrected chi connectivity index (χ4v) is 2.03. The standard InChI is InChI=1S/C16H24O3/c1-5-16(2,3)13-9-10-14(19-4)12(11-13)7-6-8-15(17)18/h9-11H,5-8H2,1-4H3,(H,17,18). The van der Waals surface area contributed by atoms with E-state index in [1.807, 2.05) is 6.07 Å². The zero-order chi connectivity index (χ0) is 14.5. The van der Waals surface area contributed by atoms with Crippen molar-refractivity contribution in [2.24, 2.45) is 0 Å². The number of benzene rings is 1. The molecule has 0 aromatic heterocycles. The third kappa shape index (κ3) is 4.27. The van der Waals surface area contributed by atoms with Crippen LogP contribution in [0.15, 0.2) is 18.2 Å². The molecule has 0 fully saturated rings. The van der Waals surface area contributed by atoms with Crippen LogP contribution in [0.1, 0.15) is 51.2 Å². The van der Waals surface area contributed by atoms with Gasteiger partial charge in [-0.15, -0.1) is 0 Å². The number of hydrogen-bond donors (Lipinski definition) is 1. The number of carbonyl (C=O) groups is 1. The molecule has 0 radical (unpaired) electrons. The minimum absolute atomic E-state index is 0.133. The van der Waals surface area contributed by atoms with Gasteiger partial charge >= 0.3 is 5.97 Å². The summed E-state index contributed by atoms with van der Waals surface area (Å²) in [4.78, 5) is 10.6. The molecule has 1 aromatic carbocycles. The molecule has 0 amide bonds. The van der Waals surface area contributed by atoms with Gasteiger partial charge in [0.05, 0.1) is 7.11 Å². The molecule has 0 aliphatic rings. The lowest BCUT2D eigenvalue weighted by atomic mass is 9.81. The quantitative estimate of drug-likeness (QED) is 0.815. The number of hydrogen-bond acceptors (Lipinski definition) is 2. The lowest BCUT2D eigenvalue weighted by Crippen LogP contribution is -2.15. The summed E-state index contributed by atoms with van der Waals surface area (Å²) in [7, 11) is 1.65. The molecule has 0 spiro atoms. The van der Waals surface area contributed by atoms with Crippen LogP contribution in [0, 0.1) is 0 Å². The summed E-state index contributed by atoms with van der Waals surface area (Å²) in [6.45, 7) is 6.61. The van der Waals surface area contributed by atoms with E-state index in [-0.39, 0.29) is 11.8 Å². The monoisotopic (exact) mass is 264 g/mol. The van der Waals surface area contributed by atoms with Gasteiger partial charge in [-0.2, -0.15) is 0 Å². The molecule has 0 atom stereocenters. The van der Waals surface area contributed by atoms with Crippen LogP contribution >= 0.6 is 0 Å². The third-order valence-corrected chi connectivity index (χ3v) is 3.78. The molecule has 19 heavy (non-hydrogen) atoms. The lowest BCUT2D eigenvalue weighted by molar-refractivity contribution is -0.137. The van der Waals surface area contributed by atoms with E-state index in [1.54, 1.807) is 7.11 Å².